The molecule has 0 aliphatic heterocycles. The summed E-state index contributed by atoms with van der Waals surface area (Å²) in [6.45, 7) is 0. The number of halogens is 1. The van der Waals surface area contributed by atoms with Crippen molar-refractivity contribution >= 4 is 44.5 Å². The Morgan fingerprint density at radius 1 is 1.11 bits per heavy atom. The molecule has 0 atom stereocenters. The van der Waals surface area contributed by atoms with E-state index in [9.17, 15) is 4.79 Å². The minimum Gasteiger partial charge on any atom is -0.397 e. The lowest BCUT2D eigenvalue weighted by Gasteiger charge is -2.09. The molecule has 4 rings (SSSR count). The number of thiophene rings is 1. The molecule has 0 radical (unpaired) electrons. The summed E-state index contributed by atoms with van der Waals surface area (Å²) in [4.78, 5) is 12.6. The predicted molar refractivity (Wildman–Crippen MR) is 111 cm³/mol. The van der Waals surface area contributed by atoms with Gasteiger partial charge in [-0.05, 0) is 64.4 Å². The molecule has 3 N–H and O–H groups in total. The minimum atomic E-state index is -0.368. The number of aromatic nitrogens is 3. The van der Waals surface area contributed by atoms with Gasteiger partial charge in [0.2, 0.25) is 0 Å². The van der Waals surface area contributed by atoms with E-state index < -0.39 is 0 Å². The van der Waals surface area contributed by atoms with Crippen LogP contribution in [-0.4, -0.2) is 20.9 Å². The van der Waals surface area contributed by atoms with Crippen LogP contribution in [0.2, 0.25) is 0 Å². The predicted octanol–water partition coefficient (Wildman–Crippen LogP) is 4.59. The van der Waals surface area contributed by atoms with Crippen LogP contribution in [-0.2, 0) is 0 Å². The van der Waals surface area contributed by atoms with E-state index in [1.54, 1.807) is 28.3 Å². The zero-order valence-electron chi connectivity index (χ0n) is 14.0. The fraction of sp³-hybridized carbons (Fsp3) is 0. The quantitative estimate of drug-likeness (QED) is 0.455. The number of nitrogens with zero attached hydrogens (tertiary/aromatic N) is 3. The van der Waals surface area contributed by atoms with Crippen LogP contribution in [0.4, 0.5) is 11.4 Å². The van der Waals surface area contributed by atoms with Crippen molar-refractivity contribution in [1.29, 1.82) is 0 Å². The third-order valence-electron chi connectivity index (χ3n) is 3.97. The van der Waals surface area contributed by atoms with Crippen molar-refractivity contribution in [1.82, 2.24) is 15.0 Å². The molecule has 0 aliphatic carbocycles. The highest BCUT2D eigenvalue weighted by atomic mass is 79.9. The van der Waals surface area contributed by atoms with Crippen molar-refractivity contribution in [2.24, 2.45) is 0 Å². The number of hydrogen-bond donors (Lipinski definition) is 2. The molecule has 0 saturated heterocycles. The molecule has 0 bridgehead atoms. The van der Waals surface area contributed by atoms with Gasteiger partial charge >= 0.3 is 0 Å². The van der Waals surface area contributed by atoms with Crippen molar-refractivity contribution in [3.63, 3.8) is 0 Å². The Morgan fingerprint density at radius 3 is 2.67 bits per heavy atom. The number of carbonyl (C=O) groups excluding carboxylic acids is 1. The topological polar surface area (TPSA) is 85.8 Å². The first-order chi connectivity index (χ1) is 13.1. The first-order valence-electron chi connectivity index (χ1n) is 8.02. The normalized spacial score (nSPS) is 10.7. The maximum Gasteiger partial charge on any atom is 0.277 e. The van der Waals surface area contributed by atoms with E-state index in [0.29, 0.717) is 11.4 Å². The van der Waals surface area contributed by atoms with Gasteiger partial charge in [-0.15, -0.1) is 5.10 Å². The molecule has 0 unspecified atom stereocenters. The Balaban J connectivity index is 1.56. The lowest BCUT2D eigenvalue weighted by molar-refractivity contribution is 0.102. The summed E-state index contributed by atoms with van der Waals surface area (Å²) in [5, 5.41) is 14.8. The van der Waals surface area contributed by atoms with Crippen LogP contribution < -0.4 is 11.1 Å². The third kappa shape index (κ3) is 3.76. The molecule has 8 heteroatoms. The van der Waals surface area contributed by atoms with Crippen LogP contribution in [0.25, 0.3) is 16.8 Å². The molecule has 4 aromatic rings. The standard InChI is InChI=1S/C19H14BrN5OS/c20-14-2-4-15(5-3-14)25-10-18(23-24-25)19(26)22-17-9-12(1-6-16(17)21)13-7-8-27-11-13/h1-11H,21H2,(H,22,26). The molecular formula is C19H14BrN5OS. The van der Waals surface area contributed by atoms with E-state index in [0.717, 1.165) is 21.3 Å². The lowest BCUT2D eigenvalue weighted by atomic mass is 10.1. The second-order valence-electron chi connectivity index (χ2n) is 5.79. The van der Waals surface area contributed by atoms with Gasteiger partial charge in [0.25, 0.3) is 5.91 Å². The molecule has 0 spiro atoms. The number of nitrogen functional groups attached to an aromatic ring is 1. The van der Waals surface area contributed by atoms with E-state index in [1.807, 2.05) is 53.2 Å². The van der Waals surface area contributed by atoms with Crippen molar-refractivity contribution in [2.75, 3.05) is 11.1 Å². The number of nitrogens with two attached hydrogens (primary N) is 1. The SMILES string of the molecule is Nc1ccc(-c2ccsc2)cc1NC(=O)c1cn(-c2ccc(Br)cc2)nn1. The molecule has 0 aliphatic rings. The van der Waals surface area contributed by atoms with Crippen molar-refractivity contribution < 1.29 is 4.79 Å². The van der Waals surface area contributed by atoms with Gasteiger partial charge in [-0.2, -0.15) is 11.3 Å². The second-order valence-corrected chi connectivity index (χ2v) is 7.49. The average Bonchev–Trinajstić information content (AvgIpc) is 3.36. The Morgan fingerprint density at radius 2 is 1.93 bits per heavy atom. The average molecular weight is 440 g/mol. The van der Waals surface area contributed by atoms with E-state index in [4.69, 9.17) is 5.73 Å². The van der Waals surface area contributed by atoms with Gasteiger partial charge in [-0.3, -0.25) is 4.79 Å². The molecule has 0 fully saturated rings. The highest BCUT2D eigenvalue weighted by molar-refractivity contribution is 9.10. The van der Waals surface area contributed by atoms with Crippen molar-refractivity contribution in [2.45, 2.75) is 0 Å². The second kappa shape index (κ2) is 7.34. The fourth-order valence-corrected chi connectivity index (χ4v) is 3.48. The third-order valence-corrected chi connectivity index (χ3v) is 5.19. The smallest absolute Gasteiger partial charge is 0.277 e. The molecule has 134 valence electrons. The Bertz CT molecular complexity index is 1090. The molecule has 2 aromatic carbocycles. The van der Waals surface area contributed by atoms with Crippen LogP contribution in [0.1, 0.15) is 10.5 Å². The summed E-state index contributed by atoms with van der Waals surface area (Å²) >= 11 is 5.00. The summed E-state index contributed by atoms with van der Waals surface area (Å²) in [6.07, 6.45) is 1.58. The number of hydrogen-bond acceptors (Lipinski definition) is 5. The van der Waals surface area contributed by atoms with E-state index in [2.05, 4.69) is 31.6 Å². The van der Waals surface area contributed by atoms with Gasteiger partial charge in [-0.25, -0.2) is 4.68 Å². The monoisotopic (exact) mass is 439 g/mol. The fourth-order valence-electron chi connectivity index (χ4n) is 2.55. The Kier molecular flexibility index (Phi) is 4.74. The van der Waals surface area contributed by atoms with E-state index >= 15 is 0 Å². The molecule has 2 heterocycles. The summed E-state index contributed by atoms with van der Waals surface area (Å²) in [5.74, 6) is -0.368. The van der Waals surface area contributed by atoms with Crippen LogP contribution >= 0.6 is 27.3 Å². The van der Waals surface area contributed by atoms with Gasteiger partial charge in [0.15, 0.2) is 5.69 Å². The lowest BCUT2D eigenvalue weighted by Crippen LogP contribution is -2.13. The Labute approximate surface area is 167 Å². The van der Waals surface area contributed by atoms with Crippen molar-refractivity contribution in [3.8, 4) is 16.8 Å². The first kappa shape index (κ1) is 17.4. The maximum absolute atomic E-state index is 12.6. The molecule has 2 aromatic heterocycles. The maximum atomic E-state index is 12.6. The molecule has 0 saturated carbocycles. The summed E-state index contributed by atoms with van der Waals surface area (Å²) in [6, 6.07) is 15.1. The molecule has 1 amide bonds. The number of carbonyl (C=O) groups is 1. The number of benzene rings is 2. The van der Waals surface area contributed by atoms with Gasteiger partial charge in [0.05, 0.1) is 23.3 Å². The van der Waals surface area contributed by atoms with Gasteiger partial charge < -0.3 is 11.1 Å². The highest BCUT2D eigenvalue weighted by Gasteiger charge is 2.14. The zero-order valence-corrected chi connectivity index (χ0v) is 16.4. The molecule has 6 nitrogen and oxygen atoms in total. The summed E-state index contributed by atoms with van der Waals surface area (Å²) < 4.78 is 2.51. The van der Waals surface area contributed by atoms with Crippen LogP contribution in [0.15, 0.2) is 70.0 Å². The highest BCUT2D eigenvalue weighted by Crippen LogP contribution is 2.29. The van der Waals surface area contributed by atoms with Crippen LogP contribution in [0.3, 0.4) is 0 Å². The van der Waals surface area contributed by atoms with Gasteiger partial charge in [0, 0.05) is 4.47 Å². The summed E-state index contributed by atoms with van der Waals surface area (Å²) in [5.41, 5.74) is 10.1. The van der Waals surface area contributed by atoms with Crippen LogP contribution in [0, 0.1) is 0 Å². The number of anilines is 2. The molecular weight excluding hydrogens is 426 g/mol. The summed E-state index contributed by atoms with van der Waals surface area (Å²) in [7, 11) is 0. The van der Waals surface area contributed by atoms with Crippen molar-refractivity contribution in [3.05, 3.63) is 75.7 Å². The van der Waals surface area contributed by atoms with E-state index in [-0.39, 0.29) is 11.6 Å². The number of nitrogens with one attached hydrogen (secondary N) is 1. The van der Waals surface area contributed by atoms with Crippen LogP contribution in [0.5, 0.6) is 0 Å². The van der Waals surface area contributed by atoms with Gasteiger partial charge in [0.1, 0.15) is 0 Å². The Hall–Kier alpha value is -2.97. The van der Waals surface area contributed by atoms with Gasteiger partial charge in [-0.1, -0.05) is 27.2 Å². The first-order valence-corrected chi connectivity index (χ1v) is 9.75. The van der Waals surface area contributed by atoms with E-state index in [1.165, 1.54) is 0 Å². The number of amides is 1. The largest absolute Gasteiger partial charge is 0.397 e. The number of rotatable bonds is 4. The zero-order chi connectivity index (χ0) is 18.8. The molecule has 27 heavy (non-hydrogen) atoms. The minimum absolute atomic E-state index is 0.207.